The Bertz CT molecular complexity index is 535. The second-order valence-electron chi connectivity index (χ2n) is 3.70. The van der Waals surface area contributed by atoms with Crippen molar-refractivity contribution < 1.29 is 9.90 Å². The maximum Gasteiger partial charge on any atom is 0.335 e. The molecule has 0 bridgehead atoms. The Hall–Kier alpha value is -1.74. The first-order chi connectivity index (χ1) is 8.16. The molecule has 0 aliphatic heterocycles. The molecule has 0 aliphatic carbocycles. The lowest BCUT2D eigenvalue weighted by Gasteiger charge is -2.05. The first-order valence-electron chi connectivity index (χ1n) is 5.23. The van der Waals surface area contributed by atoms with Crippen molar-refractivity contribution in [2.45, 2.75) is 16.7 Å². The topological polar surface area (TPSA) is 37.3 Å². The number of carbonyl (C=O) groups is 1. The number of benzene rings is 2. The van der Waals surface area contributed by atoms with Gasteiger partial charge >= 0.3 is 5.97 Å². The van der Waals surface area contributed by atoms with Gasteiger partial charge < -0.3 is 5.11 Å². The zero-order valence-electron chi connectivity index (χ0n) is 9.38. The highest BCUT2D eigenvalue weighted by atomic mass is 32.2. The number of carboxylic acids is 1. The van der Waals surface area contributed by atoms with Crippen molar-refractivity contribution in [3.8, 4) is 0 Å². The number of hydrogen-bond donors (Lipinski definition) is 1. The van der Waals surface area contributed by atoms with Gasteiger partial charge in [0.2, 0.25) is 0 Å². The van der Waals surface area contributed by atoms with Crippen LogP contribution in [0.4, 0.5) is 0 Å². The fourth-order valence-corrected chi connectivity index (χ4v) is 2.50. The molecule has 0 unspecified atom stereocenters. The zero-order chi connectivity index (χ0) is 12.3. The fourth-order valence-electron chi connectivity index (χ4n) is 1.56. The van der Waals surface area contributed by atoms with E-state index in [0.717, 1.165) is 15.4 Å². The highest BCUT2D eigenvalue weighted by Crippen LogP contribution is 2.28. The maximum absolute atomic E-state index is 10.9. The minimum Gasteiger partial charge on any atom is -0.478 e. The highest BCUT2D eigenvalue weighted by Gasteiger charge is 2.07. The van der Waals surface area contributed by atoms with E-state index in [9.17, 15) is 4.79 Å². The number of rotatable bonds is 3. The van der Waals surface area contributed by atoms with E-state index in [1.54, 1.807) is 17.8 Å². The molecule has 0 heterocycles. The van der Waals surface area contributed by atoms with E-state index < -0.39 is 5.97 Å². The normalized spacial score (nSPS) is 10.2. The lowest BCUT2D eigenvalue weighted by atomic mass is 10.1. The lowest BCUT2D eigenvalue weighted by Crippen LogP contribution is -1.98. The summed E-state index contributed by atoms with van der Waals surface area (Å²) in [6.45, 7) is 1.82. The number of aromatic carboxylic acids is 1. The number of carboxylic acid groups (broad SMARTS) is 1. The largest absolute Gasteiger partial charge is 0.478 e. The number of hydrogen-bond acceptors (Lipinski definition) is 2. The quantitative estimate of drug-likeness (QED) is 0.891. The van der Waals surface area contributed by atoms with Crippen LogP contribution in [-0.2, 0) is 0 Å². The molecule has 2 rings (SSSR count). The van der Waals surface area contributed by atoms with Crippen LogP contribution in [-0.4, -0.2) is 11.1 Å². The van der Waals surface area contributed by atoms with Crippen molar-refractivity contribution in [3.05, 3.63) is 59.7 Å². The molecule has 3 heteroatoms. The van der Waals surface area contributed by atoms with Crippen LogP contribution in [0.3, 0.4) is 0 Å². The summed E-state index contributed by atoms with van der Waals surface area (Å²) in [4.78, 5) is 13.1. The average molecular weight is 244 g/mol. The Morgan fingerprint density at radius 1 is 1.06 bits per heavy atom. The summed E-state index contributed by atoms with van der Waals surface area (Å²) in [7, 11) is 0. The molecular formula is C14H12O2S. The van der Waals surface area contributed by atoms with Gasteiger partial charge in [-0.15, -0.1) is 0 Å². The zero-order valence-corrected chi connectivity index (χ0v) is 10.2. The molecule has 0 aromatic heterocycles. The minimum atomic E-state index is -0.876. The molecular weight excluding hydrogens is 232 g/mol. The van der Waals surface area contributed by atoms with Gasteiger partial charge in [-0.2, -0.15) is 0 Å². The third-order valence-corrected chi connectivity index (χ3v) is 3.40. The maximum atomic E-state index is 10.9. The van der Waals surface area contributed by atoms with Gasteiger partial charge in [0.25, 0.3) is 0 Å². The van der Waals surface area contributed by atoms with E-state index in [0.29, 0.717) is 5.56 Å². The summed E-state index contributed by atoms with van der Waals surface area (Å²) < 4.78 is 0. The Kier molecular flexibility index (Phi) is 3.49. The molecule has 2 nitrogen and oxygen atoms in total. The Morgan fingerprint density at radius 3 is 2.35 bits per heavy atom. The number of aryl methyl sites for hydroxylation is 1. The van der Waals surface area contributed by atoms with Crippen LogP contribution in [0.25, 0.3) is 0 Å². The van der Waals surface area contributed by atoms with Gasteiger partial charge in [-0.1, -0.05) is 30.0 Å². The third kappa shape index (κ3) is 2.88. The SMILES string of the molecule is Cc1cc(Sc2ccccc2)ccc1C(=O)O. The molecule has 17 heavy (non-hydrogen) atoms. The van der Waals surface area contributed by atoms with Crippen molar-refractivity contribution in [1.82, 2.24) is 0 Å². The Balaban J connectivity index is 2.24. The second kappa shape index (κ2) is 5.06. The van der Waals surface area contributed by atoms with Gasteiger partial charge in [-0.3, -0.25) is 0 Å². The van der Waals surface area contributed by atoms with E-state index >= 15 is 0 Å². The summed E-state index contributed by atoms with van der Waals surface area (Å²) in [5.74, 6) is -0.876. The standard InChI is InChI=1S/C14H12O2S/c1-10-9-12(7-8-13(10)14(15)16)17-11-5-3-2-4-6-11/h2-9H,1H3,(H,15,16). The molecule has 0 atom stereocenters. The molecule has 2 aromatic carbocycles. The van der Waals surface area contributed by atoms with E-state index in [1.165, 1.54) is 0 Å². The van der Waals surface area contributed by atoms with Crippen molar-refractivity contribution in [2.75, 3.05) is 0 Å². The Morgan fingerprint density at radius 2 is 1.76 bits per heavy atom. The van der Waals surface area contributed by atoms with E-state index in [2.05, 4.69) is 0 Å². The molecule has 0 saturated heterocycles. The van der Waals surface area contributed by atoms with Crippen molar-refractivity contribution in [3.63, 3.8) is 0 Å². The Labute approximate surface area is 104 Å². The van der Waals surface area contributed by atoms with Gasteiger partial charge in [0, 0.05) is 9.79 Å². The van der Waals surface area contributed by atoms with Crippen LogP contribution in [0.2, 0.25) is 0 Å². The van der Waals surface area contributed by atoms with E-state index in [4.69, 9.17) is 5.11 Å². The summed E-state index contributed by atoms with van der Waals surface area (Å²) in [5, 5.41) is 8.94. The molecule has 2 aromatic rings. The molecule has 0 saturated carbocycles. The monoisotopic (exact) mass is 244 g/mol. The average Bonchev–Trinajstić information content (AvgIpc) is 2.30. The van der Waals surface area contributed by atoms with Crippen LogP contribution in [0, 0.1) is 6.92 Å². The molecule has 0 amide bonds. The highest BCUT2D eigenvalue weighted by molar-refractivity contribution is 7.99. The molecule has 0 spiro atoms. The van der Waals surface area contributed by atoms with Gasteiger partial charge in [0.05, 0.1) is 5.56 Å². The van der Waals surface area contributed by atoms with Crippen LogP contribution < -0.4 is 0 Å². The second-order valence-corrected chi connectivity index (χ2v) is 4.84. The summed E-state index contributed by atoms with van der Waals surface area (Å²) in [6, 6.07) is 15.4. The molecule has 0 radical (unpaired) electrons. The van der Waals surface area contributed by atoms with Gasteiger partial charge in [0.15, 0.2) is 0 Å². The predicted octanol–water partition coefficient (Wildman–Crippen LogP) is 3.84. The van der Waals surface area contributed by atoms with Gasteiger partial charge in [-0.05, 0) is 42.8 Å². The van der Waals surface area contributed by atoms with Crippen LogP contribution in [0.5, 0.6) is 0 Å². The minimum absolute atomic E-state index is 0.363. The van der Waals surface area contributed by atoms with Crippen LogP contribution in [0.1, 0.15) is 15.9 Å². The predicted molar refractivity (Wildman–Crippen MR) is 68.7 cm³/mol. The van der Waals surface area contributed by atoms with Crippen molar-refractivity contribution >= 4 is 17.7 Å². The lowest BCUT2D eigenvalue weighted by molar-refractivity contribution is 0.0696. The van der Waals surface area contributed by atoms with Crippen LogP contribution >= 0.6 is 11.8 Å². The molecule has 0 fully saturated rings. The fraction of sp³-hybridized carbons (Fsp3) is 0.0714. The third-order valence-electron chi connectivity index (χ3n) is 2.41. The van der Waals surface area contributed by atoms with E-state index in [1.807, 2.05) is 49.4 Å². The van der Waals surface area contributed by atoms with Crippen LogP contribution in [0.15, 0.2) is 58.3 Å². The summed E-state index contributed by atoms with van der Waals surface area (Å²) in [5.41, 5.74) is 1.15. The van der Waals surface area contributed by atoms with Gasteiger partial charge in [0.1, 0.15) is 0 Å². The summed E-state index contributed by atoms with van der Waals surface area (Å²) >= 11 is 1.63. The molecule has 0 aliphatic rings. The van der Waals surface area contributed by atoms with Crippen molar-refractivity contribution in [1.29, 1.82) is 0 Å². The van der Waals surface area contributed by atoms with Gasteiger partial charge in [-0.25, -0.2) is 4.79 Å². The molecule has 1 N–H and O–H groups in total. The summed E-state index contributed by atoms with van der Waals surface area (Å²) in [6.07, 6.45) is 0. The van der Waals surface area contributed by atoms with Crippen molar-refractivity contribution in [2.24, 2.45) is 0 Å². The smallest absolute Gasteiger partial charge is 0.335 e. The first kappa shape index (κ1) is 11.7. The molecule has 86 valence electrons. The first-order valence-corrected chi connectivity index (χ1v) is 6.05. The van der Waals surface area contributed by atoms with E-state index in [-0.39, 0.29) is 0 Å².